The van der Waals surface area contributed by atoms with E-state index in [1.165, 1.54) is 24.0 Å². The van der Waals surface area contributed by atoms with E-state index in [0.717, 1.165) is 11.3 Å². The zero-order valence-corrected chi connectivity index (χ0v) is 14.5. The van der Waals surface area contributed by atoms with Crippen LogP contribution in [0, 0.1) is 5.82 Å². The molecule has 0 saturated heterocycles. The highest BCUT2D eigenvalue weighted by Crippen LogP contribution is 2.28. The fourth-order valence-corrected chi connectivity index (χ4v) is 3.40. The third kappa shape index (κ3) is 3.53. The predicted molar refractivity (Wildman–Crippen MR) is 96.5 cm³/mol. The first-order valence-electron chi connectivity index (χ1n) is 7.69. The molecule has 0 saturated carbocycles. The van der Waals surface area contributed by atoms with E-state index in [-0.39, 0.29) is 16.6 Å². The van der Waals surface area contributed by atoms with Gasteiger partial charge in [-0.3, -0.25) is 4.79 Å². The summed E-state index contributed by atoms with van der Waals surface area (Å²) in [6.07, 6.45) is -0.951. The van der Waals surface area contributed by atoms with E-state index in [1.54, 1.807) is 31.3 Å². The van der Waals surface area contributed by atoms with E-state index < -0.39 is 12.1 Å². The molecule has 0 bridgehead atoms. The van der Waals surface area contributed by atoms with E-state index in [2.05, 4.69) is 0 Å². The van der Waals surface area contributed by atoms with Crippen LogP contribution in [0.2, 0.25) is 0 Å². The van der Waals surface area contributed by atoms with Gasteiger partial charge in [0, 0.05) is 22.8 Å². The molecule has 1 heterocycles. The lowest BCUT2D eigenvalue weighted by atomic mass is 10.2. The molecule has 128 valence electrons. The minimum absolute atomic E-state index is 0.266. The van der Waals surface area contributed by atoms with Crippen LogP contribution in [0.1, 0.15) is 16.6 Å². The number of esters is 1. The molecule has 0 aliphatic heterocycles. The van der Waals surface area contributed by atoms with Gasteiger partial charge in [0.2, 0.25) is 0 Å². The van der Waals surface area contributed by atoms with Gasteiger partial charge in [-0.2, -0.15) is 0 Å². The number of ether oxygens (including phenoxy) is 1. The molecule has 3 aromatic rings. The summed E-state index contributed by atoms with van der Waals surface area (Å²) in [5.41, 5.74) is 0.708. The lowest BCUT2D eigenvalue weighted by molar-refractivity contribution is -0.126. The molecule has 0 N–H and O–H groups in total. The van der Waals surface area contributed by atoms with Crippen LogP contribution in [0.25, 0.3) is 10.1 Å². The quantitative estimate of drug-likeness (QED) is 0.656. The highest BCUT2D eigenvalue weighted by molar-refractivity contribution is 7.20. The fraction of sp³-hybridized carbons (Fsp3) is 0.158. The monoisotopic (exact) mass is 357 g/mol. The van der Waals surface area contributed by atoms with Gasteiger partial charge in [0.15, 0.2) is 6.10 Å². The largest absolute Gasteiger partial charge is 0.448 e. The number of nitrogens with zero attached hydrogens (tertiary/aromatic N) is 1. The molecule has 0 spiro atoms. The van der Waals surface area contributed by atoms with Gasteiger partial charge in [-0.15, -0.1) is 11.3 Å². The molecule has 0 unspecified atom stereocenters. The average molecular weight is 357 g/mol. The summed E-state index contributed by atoms with van der Waals surface area (Å²) >= 11 is 1.14. The third-order valence-electron chi connectivity index (χ3n) is 3.82. The average Bonchev–Trinajstić information content (AvgIpc) is 3.07. The number of carbonyl (C=O) groups is 2. The number of carbonyl (C=O) groups excluding carboxylic acids is 2. The second-order valence-electron chi connectivity index (χ2n) is 5.54. The van der Waals surface area contributed by atoms with E-state index in [1.807, 2.05) is 18.2 Å². The number of amides is 1. The van der Waals surface area contributed by atoms with Crippen LogP contribution in [0.15, 0.2) is 54.6 Å². The first-order chi connectivity index (χ1) is 12.0. The Hall–Kier alpha value is -2.73. The number of fused-ring (bicyclic) bond motifs is 1. The predicted octanol–water partition coefficient (Wildman–Crippen LogP) is 4.25. The van der Waals surface area contributed by atoms with Crippen molar-refractivity contribution >= 4 is 39.0 Å². The van der Waals surface area contributed by atoms with Crippen molar-refractivity contribution in [2.24, 2.45) is 0 Å². The van der Waals surface area contributed by atoms with Gasteiger partial charge >= 0.3 is 5.97 Å². The molecule has 1 atom stereocenters. The van der Waals surface area contributed by atoms with Gasteiger partial charge in [-0.05, 0) is 37.3 Å². The molecule has 1 amide bonds. The van der Waals surface area contributed by atoms with Crippen LogP contribution < -0.4 is 4.90 Å². The van der Waals surface area contributed by atoms with E-state index in [9.17, 15) is 14.0 Å². The summed E-state index contributed by atoms with van der Waals surface area (Å²) in [6, 6.07) is 15.2. The number of para-hydroxylation sites is 1. The Morgan fingerprint density at radius 3 is 2.52 bits per heavy atom. The standard InChI is InChI=1S/C19H16FNO3S/c1-12(18(22)21(2)13-7-4-3-5-8-13)24-19(23)17-11-14-15(20)9-6-10-16(14)25-17/h3-12H,1-2H3/t12-/m1/s1. The van der Waals surface area contributed by atoms with Crippen LogP contribution in [0.3, 0.4) is 0 Å². The lowest BCUT2D eigenvalue weighted by Gasteiger charge is -2.21. The van der Waals surface area contributed by atoms with Crippen molar-refractivity contribution in [3.8, 4) is 0 Å². The number of benzene rings is 2. The van der Waals surface area contributed by atoms with Crippen molar-refractivity contribution in [3.63, 3.8) is 0 Å². The summed E-state index contributed by atoms with van der Waals surface area (Å²) in [5, 5.41) is 0.375. The molecule has 3 rings (SSSR count). The molecular formula is C19H16FNO3S. The number of halogens is 1. The maximum Gasteiger partial charge on any atom is 0.349 e. The van der Waals surface area contributed by atoms with E-state index in [4.69, 9.17) is 4.74 Å². The van der Waals surface area contributed by atoms with Crippen molar-refractivity contribution in [1.29, 1.82) is 0 Å². The van der Waals surface area contributed by atoms with E-state index in [0.29, 0.717) is 15.8 Å². The molecular weight excluding hydrogens is 341 g/mol. The molecule has 25 heavy (non-hydrogen) atoms. The summed E-state index contributed by atoms with van der Waals surface area (Å²) in [4.78, 5) is 26.4. The fourth-order valence-electron chi connectivity index (χ4n) is 2.45. The van der Waals surface area contributed by atoms with Crippen LogP contribution in [0.5, 0.6) is 0 Å². The summed E-state index contributed by atoms with van der Waals surface area (Å²) in [7, 11) is 1.62. The summed E-state index contributed by atoms with van der Waals surface area (Å²) in [6.45, 7) is 1.52. The Labute approximate surface area is 148 Å². The smallest absolute Gasteiger partial charge is 0.349 e. The first kappa shape index (κ1) is 17.1. The van der Waals surface area contributed by atoms with Crippen molar-refractivity contribution in [3.05, 3.63) is 65.3 Å². The van der Waals surface area contributed by atoms with Crippen molar-refractivity contribution in [1.82, 2.24) is 0 Å². The molecule has 6 heteroatoms. The molecule has 0 fully saturated rings. The van der Waals surface area contributed by atoms with Crippen LogP contribution >= 0.6 is 11.3 Å². The molecule has 2 aromatic carbocycles. The zero-order chi connectivity index (χ0) is 18.0. The summed E-state index contributed by atoms with van der Waals surface area (Å²) in [5.74, 6) is -1.37. The topological polar surface area (TPSA) is 46.6 Å². The minimum Gasteiger partial charge on any atom is -0.448 e. The highest BCUT2D eigenvalue weighted by Gasteiger charge is 2.24. The number of hydrogen-bond donors (Lipinski definition) is 0. The van der Waals surface area contributed by atoms with Crippen molar-refractivity contribution in [2.75, 3.05) is 11.9 Å². The van der Waals surface area contributed by atoms with E-state index >= 15 is 0 Å². The number of anilines is 1. The molecule has 1 aromatic heterocycles. The Kier molecular flexibility index (Phi) is 4.81. The minimum atomic E-state index is -0.951. The number of hydrogen-bond acceptors (Lipinski definition) is 4. The van der Waals surface area contributed by atoms with Gasteiger partial charge in [0.25, 0.3) is 5.91 Å². The van der Waals surface area contributed by atoms with Crippen molar-refractivity contribution in [2.45, 2.75) is 13.0 Å². The normalized spacial score (nSPS) is 12.0. The number of thiophene rings is 1. The lowest BCUT2D eigenvalue weighted by Crippen LogP contribution is -2.37. The molecule has 4 nitrogen and oxygen atoms in total. The Balaban J connectivity index is 1.73. The SMILES string of the molecule is C[C@@H](OC(=O)c1cc2c(F)cccc2s1)C(=O)N(C)c1ccccc1. The van der Waals surface area contributed by atoms with Crippen molar-refractivity contribution < 1.29 is 18.7 Å². The molecule has 0 aliphatic carbocycles. The van der Waals surface area contributed by atoms with Crippen LogP contribution in [0.4, 0.5) is 10.1 Å². The van der Waals surface area contributed by atoms with Crippen LogP contribution in [-0.2, 0) is 9.53 Å². The second kappa shape index (κ2) is 7.03. The Morgan fingerprint density at radius 1 is 1.12 bits per heavy atom. The van der Waals surface area contributed by atoms with Gasteiger partial charge in [0.05, 0.1) is 0 Å². The maximum absolute atomic E-state index is 13.7. The first-order valence-corrected chi connectivity index (χ1v) is 8.50. The second-order valence-corrected chi connectivity index (χ2v) is 6.63. The van der Waals surface area contributed by atoms with Gasteiger partial charge in [-0.1, -0.05) is 24.3 Å². The third-order valence-corrected chi connectivity index (χ3v) is 4.90. The molecule has 0 radical (unpaired) electrons. The molecule has 0 aliphatic rings. The van der Waals surface area contributed by atoms with Gasteiger partial charge in [-0.25, -0.2) is 9.18 Å². The summed E-state index contributed by atoms with van der Waals surface area (Å²) < 4.78 is 19.7. The highest BCUT2D eigenvalue weighted by atomic mass is 32.1. The Morgan fingerprint density at radius 2 is 1.84 bits per heavy atom. The maximum atomic E-state index is 13.7. The van der Waals surface area contributed by atoms with Gasteiger partial charge < -0.3 is 9.64 Å². The number of rotatable bonds is 4. The van der Waals surface area contributed by atoms with Gasteiger partial charge in [0.1, 0.15) is 10.7 Å². The van der Waals surface area contributed by atoms with Crippen LogP contribution in [-0.4, -0.2) is 25.0 Å². The Bertz CT molecular complexity index is 923. The zero-order valence-electron chi connectivity index (χ0n) is 13.7. The number of likely N-dealkylation sites (N-methyl/N-ethyl adjacent to an activating group) is 1.